The highest BCUT2D eigenvalue weighted by Gasteiger charge is 2.23. The highest BCUT2D eigenvalue weighted by molar-refractivity contribution is 7.13. The maximum Gasteiger partial charge on any atom is 0.340 e. The number of rotatable bonds is 5. The molecular weight excluding hydrogens is 336 g/mol. The average Bonchev–Trinajstić information content (AvgIpc) is 3.19. The van der Waals surface area contributed by atoms with Crippen molar-refractivity contribution in [1.82, 2.24) is 9.97 Å². The fourth-order valence-electron chi connectivity index (χ4n) is 2.81. The van der Waals surface area contributed by atoms with Gasteiger partial charge in [-0.05, 0) is 45.0 Å². The zero-order chi connectivity index (χ0) is 18.0. The summed E-state index contributed by atoms with van der Waals surface area (Å²) >= 11 is 1.54. The van der Waals surface area contributed by atoms with Gasteiger partial charge in [-0.1, -0.05) is 0 Å². The molecule has 0 aliphatic heterocycles. The number of ether oxygens (including phenoxy) is 2. The molecule has 0 amide bonds. The van der Waals surface area contributed by atoms with Crippen molar-refractivity contribution in [2.75, 3.05) is 13.7 Å². The first kappa shape index (κ1) is 17.2. The van der Waals surface area contributed by atoms with Gasteiger partial charge >= 0.3 is 5.97 Å². The van der Waals surface area contributed by atoms with Crippen LogP contribution in [0.15, 0.2) is 29.6 Å². The summed E-state index contributed by atoms with van der Waals surface area (Å²) in [7, 11) is 1.64. The second-order valence-electron chi connectivity index (χ2n) is 5.61. The van der Waals surface area contributed by atoms with E-state index < -0.39 is 0 Å². The molecule has 0 aliphatic rings. The molecule has 0 bridgehead atoms. The standard InChI is InChI=1S/C19H20N2O3S/c1-5-24-19(22)17-12(3)20-11(2)16(17)15-10-25-18(21-15)13-6-8-14(23-4)9-7-13/h6-10,20H,5H2,1-4H3. The third-order valence-electron chi connectivity index (χ3n) is 3.95. The third kappa shape index (κ3) is 3.30. The molecular formula is C19H20N2O3S. The second kappa shape index (κ2) is 7.11. The molecule has 0 saturated heterocycles. The van der Waals surface area contributed by atoms with Crippen LogP contribution < -0.4 is 4.74 Å². The van der Waals surface area contributed by atoms with E-state index in [1.54, 1.807) is 25.4 Å². The summed E-state index contributed by atoms with van der Waals surface area (Å²) in [4.78, 5) is 20.3. The number of methoxy groups -OCH3 is 1. The van der Waals surface area contributed by atoms with Crippen molar-refractivity contribution in [3.05, 3.63) is 46.6 Å². The summed E-state index contributed by atoms with van der Waals surface area (Å²) in [5.41, 5.74) is 4.87. The first-order valence-electron chi connectivity index (χ1n) is 8.01. The quantitative estimate of drug-likeness (QED) is 0.678. The normalized spacial score (nSPS) is 10.7. The number of hydrogen-bond donors (Lipinski definition) is 1. The van der Waals surface area contributed by atoms with Crippen LogP contribution in [0.1, 0.15) is 28.7 Å². The molecule has 1 N–H and O–H groups in total. The highest BCUT2D eigenvalue weighted by Crippen LogP contribution is 2.34. The van der Waals surface area contributed by atoms with Gasteiger partial charge in [0, 0.05) is 27.9 Å². The van der Waals surface area contributed by atoms with E-state index in [2.05, 4.69) is 4.98 Å². The Morgan fingerprint density at radius 3 is 2.56 bits per heavy atom. The van der Waals surface area contributed by atoms with Crippen molar-refractivity contribution >= 4 is 17.3 Å². The number of benzene rings is 1. The summed E-state index contributed by atoms with van der Waals surface area (Å²) in [5, 5.41) is 2.86. The van der Waals surface area contributed by atoms with Gasteiger partial charge in [-0.2, -0.15) is 0 Å². The second-order valence-corrected chi connectivity index (χ2v) is 6.47. The van der Waals surface area contributed by atoms with E-state index in [0.717, 1.165) is 39.0 Å². The molecule has 130 valence electrons. The van der Waals surface area contributed by atoms with Crippen LogP contribution in [-0.4, -0.2) is 29.7 Å². The van der Waals surface area contributed by atoms with Gasteiger partial charge in [-0.25, -0.2) is 9.78 Å². The Bertz CT molecular complexity index is 894. The van der Waals surface area contributed by atoms with Gasteiger partial charge in [0.1, 0.15) is 10.8 Å². The van der Waals surface area contributed by atoms with E-state index in [1.165, 1.54) is 0 Å². The number of nitrogens with one attached hydrogen (secondary N) is 1. The van der Waals surface area contributed by atoms with Gasteiger partial charge in [0.15, 0.2) is 0 Å². The zero-order valence-electron chi connectivity index (χ0n) is 14.7. The van der Waals surface area contributed by atoms with Crippen LogP contribution in [0.2, 0.25) is 0 Å². The van der Waals surface area contributed by atoms with Crippen molar-refractivity contribution in [2.24, 2.45) is 0 Å². The Labute approximate surface area is 150 Å². The molecule has 3 aromatic rings. The number of aryl methyl sites for hydroxylation is 2. The van der Waals surface area contributed by atoms with Gasteiger partial charge in [0.25, 0.3) is 0 Å². The minimum Gasteiger partial charge on any atom is -0.497 e. The van der Waals surface area contributed by atoms with Gasteiger partial charge < -0.3 is 14.5 Å². The fraction of sp³-hybridized carbons (Fsp3) is 0.263. The highest BCUT2D eigenvalue weighted by atomic mass is 32.1. The van der Waals surface area contributed by atoms with E-state index in [1.807, 2.05) is 43.5 Å². The van der Waals surface area contributed by atoms with Crippen LogP contribution in [0, 0.1) is 13.8 Å². The van der Waals surface area contributed by atoms with Crippen molar-refractivity contribution in [3.63, 3.8) is 0 Å². The number of hydrogen-bond acceptors (Lipinski definition) is 5. The number of thiazole rings is 1. The SMILES string of the molecule is CCOC(=O)c1c(C)[nH]c(C)c1-c1csc(-c2ccc(OC)cc2)n1. The van der Waals surface area contributed by atoms with E-state index in [-0.39, 0.29) is 5.97 Å². The lowest BCUT2D eigenvalue weighted by Crippen LogP contribution is -2.06. The molecule has 5 nitrogen and oxygen atoms in total. The molecule has 2 aromatic heterocycles. The largest absolute Gasteiger partial charge is 0.497 e. The smallest absolute Gasteiger partial charge is 0.340 e. The van der Waals surface area contributed by atoms with Crippen LogP contribution in [0.3, 0.4) is 0 Å². The number of H-pyrrole nitrogens is 1. The Hall–Kier alpha value is -2.60. The van der Waals surface area contributed by atoms with Gasteiger partial charge in [0.2, 0.25) is 0 Å². The first-order chi connectivity index (χ1) is 12.0. The van der Waals surface area contributed by atoms with Crippen LogP contribution in [0.5, 0.6) is 5.75 Å². The summed E-state index contributed by atoms with van der Waals surface area (Å²) in [6.45, 7) is 5.96. The molecule has 2 heterocycles. The van der Waals surface area contributed by atoms with Crippen LogP contribution >= 0.6 is 11.3 Å². The number of esters is 1. The number of aromatic amines is 1. The predicted molar refractivity (Wildman–Crippen MR) is 99.3 cm³/mol. The van der Waals surface area contributed by atoms with Gasteiger partial charge in [-0.3, -0.25) is 0 Å². The first-order valence-corrected chi connectivity index (χ1v) is 8.89. The molecule has 0 fully saturated rings. The fourth-order valence-corrected chi connectivity index (χ4v) is 3.63. The maximum atomic E-state index is 12.3. The van der Waals surface area contributed by atoms with Crippen LogP contribution in [0.25, 0.3) is 21.8 Å². The van der Waals surface area contributed by atoms with E-state index >= 15 is 0 Å². The lowest BCUT2D eigenvalue weighted by Gasteiger charge is -2.04. The molecule has 0 spiro atoms. The Kier molecular flexibility index (Phi) is 4.90. The molecule has 25 heavy (non-hydrogen) atoms. The molecule has 6 heteroatoms. The predicted octanol–water partition coefficient (Wildman–Crippen LogP) is 4.61. The van der Waals surface area contributed by atoms with Crippen molar-refractivity contribution in [2.45, 2.75) is 20.8 Å². The Morgan fingerprint density at radius 1 is 1.20 bits per heavy atom. The number of nitrogens with zero attached hydrogens (tertiary/aromatic N) is 1. The Balaban J connectivity index is 2.01. The lowest BCUT2D eigenvalue weighted by atomic mass is 10.1. The lowest BCUT2D eigenvalue weighted by molar-refractivity contribution is 0.0526. The molecule has 3 rings (SSSR count). The summed E-state index contributed by atoms with van der Waals surface area (Å²) in [5.74, 6) is 0.487. The van der Waals surface area contributed by atoms with E-state index in [0.29, 0.717) is 12.2 Å². The minimum atomic E-state index is -0.321. The van der Waals surface area contributed by atoms with Crippen molar-refractivity contribution in [1.29, 1.82) is 0 Å². The summed E-state index contributed by atoms with van der Waals surface area (Å²) in [6, 6.07) is 7.77. The summed E-state index contributed by atoms with van der Waals surface area (Å²) < 4.78 is 10.4. The number of carbonyl (C=O) groups excluding carboxylic acids is 1. The molecule has 0 atom stereocenters. The number of aromatic nitrogens is 2. The minimum absolute atomic E-state index is 0.321. The topological polar surface area (TPSA) is 64.2 Å². The summed E-state index contributed by atoms with van der Waals surface area (Å²) in [6.07, 6.45) is 0. The monoisotopic (exact) mass is 356 g/mol. The molecule has 0 saturated carbocycles. The van der Waals surface area contributed by atoms with Gasteiger partial charge in [-0.15, -0.1) is 11.3 Å². The zero-order valence-corrected chi connectivity index (χ0v) is 15.5. The molecule has 0 unspecified atom stereocenters. The van der Waals surface area contributed by atoms with Crippen LogP contribution in [0.4, 0.5) is 0 Å². The van der Waals surface area contributed by atoms with E-state index in [9.17, 15) is 4.79 Å². The molecule has 1 aromatic carbocycles. The Morgan fingerprint density at radius 2 is 1.92 bits per heavy atom. The number of carbonyl (C=O) groups is 1. The van der Waals surface area contributed by atoms with Crippen molar-refractivity contribution in [3.8, 4) is 27.6 Å². The molecule has 0 aliphatic carbocycles. The van der Waals surface area contributed by atoms with E-state index in [4.69, 9.17) is 14.5 Å². The van der Waals surface area contributed by atoms with Gasteiger partial charge in [0.05, 0.1) is 25.0 Å². The van der Waals surface area contributed by atoms with Crippen LogP contribution in [-0.2, 0) is 4.74 Å². The third-order valence-corrected chi connectivity index (χ3v) is 4.84. The average molecular weight is 356 g/mol. The maximum absolute atomic E-state index is 12.3. The molecule has 0 radical (unpaired) electrons. The van der Waals surface area contributed by atoms with Crippen molar-refractivity contribution < 1.29 is 14.3 Å².